The predicted octanol–water partition coefficient (Wildman–Crippen LogP) is 4.79. The Kier molecular flexibility index (Phi) is 10.7. The monoisotopic (exact) mass is 376 g/mol. The average Bonchev–Trinajstić information content (AvgIpc) is 2.66. The molecule has 0 heterocycles. The Labute approximate surface area is 164 Å². The van der Waals surface area contributed by atoms with Gasteiger partial charge in [0.1, 0.15) is 0 Å². The second-order valence-electron chi connectivity index (χ2n) is 7.18. The van der Waals surface area contributed by atoms with E-state index in [9.17, 15) is 9.59 Å². The first-order valence-corrected chi connectivity index (χ1v) is 10.1. The van der Waals surface area contributed by atoms with Gasteiger partial charge in [0.05, 0.1) is 24.4 Å². The van der Waals surface area contributed by atoms with Gasteiger partial charge in [-0.15, -0.1) is 0 Å². The number of rotatable bonds is 12. The maximum Gasteiger partial charge on any atom is 0.339 e. The number of benzene rings is 1. The quantitative estimate of drug-likeness (QED) is 0.421. The molecule has 5 heteroatoms. The molecule has 0 radical (unpaired) electrons. The summed E-state index contributed by atoms with van der Waals surface area (Å²) in [5.74, 6) is -0.502. The molecule has 0 spiro atoms. The lowest BCUT2D eigenvalue weighted by molar-refractivity contribution is -0.121. The highest BCUT2D eigenvalue weighted by atomic mass is 16.5. The summed E-state index contributed by atoms with van der Waals surface area (Å²) in [6, 6.07) is 5.16. The number of unbranched alkanes of at least 4 members (excludes halogenated alkanes) is 4. The van der Waals surface area contributed by atoms with Gasteiger partial charge in [0.15, 0.2) is 0 Å². The SMILES string of the molecule is CCCCCCCN(C)C(CCC)C(=O)Nc1c(C)cccc1C(=O)OC. The van der Waals surface area contributed by atoms with Crippen molar-refractivity contribution < 1.29 is 14.3 Å². The molecule has 0 saturated carbocycles. The first kappa shape index (κ1) is 23.2. The van der Waals surface area contributed by atoms with Crippen LogP contribution in [-0.4, -0.2) is 43.5 Å². The number of carbonyl (C=O) groups excluding carboxylic acids is 2. The molecule has 1 aromatic rings. The number of hydrogen-bond donors (Lipinski definition) is 1. The molecule has 1 rings (SSSR count). The Morgan fingerprint density at radius 1 is 1.11 bits per heavy atom. The van der Waals surface area contributed by atoms with E-state index >= 15 is 0 Å². The van der Waals surface area contributed by atoms with Crippen LogP contribution >= 0.6 is 0 Å². The molecular formula is C22H36N2O3. The number of amides is 1. The van der Waals surface area contributed by atoms with Crippen molar-refractivity contribution in [2.75, 3.05) is 26.0 Å². The van der Waals surface area contributed by atoms with Crippen LogP contribution < -0.4 is 5.32 Å². The van der Waals surface area contributed by atoms with E-state index < -0.39 is 5.97 Å². The average molecular weight is 377 g/mol. The largest absolute Gasteiger partial charge is 0.465 e. The predicted molar refractivity (Wildman–Crippen MR) is 111 cm³/mol. The van der Waals surface area contributed by atoms with Crippen molar-refractivity contribution in [1.29, 1.82) is 0 Å². The minimum Gasteiger partial charge on any atom is -0.465 e. The van der Waals surface area contributed by atoms with Gasteiger partial charge in [-0.25, -0.2) is 4.79 Å². The maximum absolute atomic E-state index is 13.0. The summed E-state index contributed by atoms with van der Waals surface area (Å²) in [4.78, 5) is 27.2. The molecule has 0 aromatic heterocycles. The van der Waals surface area contributed by atoms with Gasteiger partial charge in [-0.1, -0.05) is 58.1 Å². The number of aryl methyl sites for hydroxylation is 1. The third-order valence-corrected chi connectivity index (χ3v) is 4.94. The van der Waals surface area contributed by atoms with E-state index in [0.29, 0.717) is 11.3 Å². The summed E-state index contributed by atoms with van der Waals surface area (Å²) in [6.07, 6.45) is 7.76. The fourth-order valence-electron chi connectivity index (χ4n) is 3.27. The van der Waals surface area contributed by atoms with Crippen LogP contribution in [-0.2, 0) is 9.53 Å². The van der Waals surface area contributed by atoms with E-state index in [1.54, 1.807) is 12.1 Å². The van der Waals surface area contributed by atoms with Crippen molar-refractivity contribution in [2.45, 2.75) is 71.8 Å². The summed E-state index contributed by atoms with van der Waals surface area (Å²) >= 11 is 0. The Bertz CT molecular complexity index is 601. The Balaban J connectivity index is 2.82. The fourth-order valence-corrected chi connectivity index (χ4v) is 3.27. The van der Waals surface area contributed by atoms with Crippen LogP contribution in [0.5, 0.6) is 0 Å². The van der Waals surface area contributed by atoms with E-state index in [0.717, 1.165) is 31.4 Å². The lowest BCUT2D eigenvalue weighted by atomic mass is 10.1. The van der Waals surface area contributed by atoms with Crippen molar-refractivity contribution in [1.82, 2.24) is 4.90 Å². The normalized spacial score (nSPS) is 12.1. The second kappa shape index (κ2) is 12.5. The van der Waals surface area contributed by atoms with Gasteiger partial charge in [0.25, 0.3) is 0 Å². The van der Waals surface area contributed by atoms with Gasteiger partial charge < -0.3 is 10.1 Å². The van der Waals surface area contributed by atoms with Crippen molar-refractivity contribution in [3.8, 4) is 0 Å². The number of likely N-dealkylation sites (N-methyl/N-ethyl adjacent to an activating group) is 1. The highest BCUT2D eigenvalue weighted by Gasteiger charge is 2.24. The van der Waals surface area contributed by atoms with Crippen molar-refractivity contribution in [3.63, 3.8) is 0 Å². The summed E-state index contributed by atoms with van der Waals surface area (Å²) in [5.41, 5.74) is 1.79. The molecule has 27 heavy (non-hydrogen) atoms. The molecule has 152 valence electrons. The van der Waals surface area contributed by atoms with Gasteiger partial charge in [0.2, 0.25) is 5.91 Å². The van der Waals surface area contributed by atoms with E-state index in [2.05, 4.69) is 24.1 Å². The molecule has 1 aromatic carbocycles. The van der Waals surface area contributed by atoms with Gasteiger partial charge in [-0.2, -0.15) is 0 Å². The van der Waals surface area contributed by atoms with Gasteiger partial charge in [-0.05, 0) is 45.0 Å². The number of methoxy groups -OCH3 is 1. The summed E-state index contributed by atoms with van der Waals surface area (Å²) < 4.78 is 4.85. The fraction of sp³-hybridized carbons (Fsp3) is 0.636. The maximum atomic E-state index is 13.0. The van der Waals surface area contributed by atoms with Crippen molar-refractivity contribution in [2.24, 2.45) is 0 Å². The zero-order chi connectivity index (χ0) is 20.2. The van der Waals surface area contributed by atoms with Crippen LogP contribution in [0.4, 0.5) is 5.69 Å². The summed E-state index contributed by atoms with van der Waals surface area (Å²) in [6.45, 7) is 7.08. The molecule has 0 aliphatic rings. The second-order valence-corrected chi connectivity index (χ2v) is 7.18. The third-order valence-electron chi connectivity index (χ3n) is 4.94. The highest BCUT2D eigenvalue weighted by Crippen LogP contribution is 2.22. The molecule has 5 nitrogen and oxygen atoms in total. The van der Waals surface area contributed by atoms with Gasteiger partial charge in [0, 0.05) is 0 Å². The number of carbonyl (C=O) groups is 2. The van der Waals surface area contributed by atoms with Gasteiger partial charge in [-0.3, -0.25) is 9.69 Å². The number of nitrogens with zero attached hydrogens (tertiary/aromatic N) is 1. The van der Waals surface area contributed by atoms with Crippen LogP contribution in [0.25, 0.3) is 0 Å². The van der Waals surface area contributed by atoms with Crippen LogP contribution in [0.15, 0.2) is 18.2 Å². The number of anilines is 1. The number of ether oxygens (including phenoxy) is 1. The topological polar surface area (TPSA) is 58.6 Å². The zero-order valence-electron chi connectivity index (χ0n) is 17.6. The molecule has 0 bridgehead atoms. The minimum atomic E-state index is -0.440. The number of hydrogen-bond acceptors (Lipinski definition) is 4. The van der Waals surface area contributed by atoms with Crippen molar-refractivity contribution in [3.05, 3.63) is 29.3 Å². The number of para-hydroxylation sites is 1. The van der Waals surface area contributed by atoms with E-state index in [1.165, 1.54) is 32.8 Å². The smallest absolute Gasteiger partial charge is 0.339 e. The zero-order valence-corrected chi connectivity index (χ0v) is 17.6. The molecule has 1 atom stereocenters. The minimum absolute atomic E-state index is 0.0626. The molecule has 0 aliphatic carbocycles. The van der Waals surface area contributed by atoms with Crippen LogP contribution in [0, 0.1) is 6.92 Å². The van der Waals surface area contributed by atoms with Gasteiger partial charge >= 0.3 is 5.97 Å². The molecular weight excluding hydrogens is 340 g/mol. The third kappa shape index (κ3) is 7.33. The standard InChI is InChI=1S/C22H36N2O3/c1-6-8-9-10-11-16-24(4)19(13-7-2)21(25)23-20-17(3)14-12-15-18(20)22(26)27-5/h12,14-15,19H,6-11,13,16H2,1-5H3,(H,23,25). The number of nitrogens with one attached hydrogen (secondary N) is 1. The Hall–Kier alpha value is -1.88. The lowest BCUT2D eigenvalue weighted by Gasteiger charge is -2.27. The van der Waals surface area contributed by atoms with Crippen LogP contribution in [0.1, 0.15) is 74.7 Å². The summed E-state index contributed by atoms with van der Waals surface area (Å²) in [5, 5.41) is 2.99. The Morgan fingerprint density at radius 3 is 2.44 bits per heavy atom. The molecule has 0 fully saturated rings. The lowest BCUT2D eigenvalue weighted by Crippen LogP contribution is -2.42. The molecule has 1 amide bonds. The van der Waals surface area contributed by atoms with E-state index in [-0.39, 0.29) is 11.9 Å². The Morgan fingerprint density at radius 2 is 1.81 bits per heavy atom. The van der Waals surface area contributed by atoms with E-state index in [1.807, 2.05) is 20.0 Å². The molecule has 1 unspecified atom stereocenters. The van der Waals surface area contributed by atoms with Crippen LogP contribution in [0.3, 0.4) is 0 Å². The van der Waals surface area contributed by atoms with Crippen molar-refractivity contribution >= 4 is 17.6 Å². The highest BCUT2D eigenvalue weighted by molar-refractivity contribution is 6.03. The number of esters is 1. The summed E-state index contributed by atoms with van der Waals surface area (Å²) in [7, 11) is 3.36. The van der Waals surface area contributed by atoms with Crippen LogP contribution in [0.2, 0.25) is 0 Å². The first-order valence-electron chi connectivity index (χ1n) is 10.1. The molecule has 0 aliphatic heterocycles. The van der Waals surface area contributed by atoms with E-state index in [4.69, 9.17) is 4.74 Å². The molecule has 0 saturated heterocycles. The first-order chi connectivity index (χ1) is 13.0. The molecule has 1 N–H and O–H groups in total.